The van der Waals surface area contributed by atoms with Crippen molar-refractivity contribution in [3.63, 3.8) is 0 Å². The van der Waals surface area contributed by atoms with Gasteiger partial charge in [-0.25, -0.2) is 13.1 Å². The molecule has 1 unspecified atom stereocenters. The Morgan fingerprint density at radius 2 is 1.96 bits per heavy atom. The number of carbonyl (C=O) groups excluding carboxylic acids is 2. The van der Waals surface area contributed by atoms with E-state index >= 15 is 0 Å². The first-order valence-corrected chi connectivity index (χ1v) is 8.96. The van der Waals surface area contributed by atoms with Gasteiger partial charge < -0.3 is 5.32 Å². The first kappa shape index (κ1) is 19.1. The summed E-state index contributed by atoms with van der Waals surface area (Å²) in [7, 11) is -4.04. The minimum atomic E-state index is -4.04. The molecule has 1 aromatic heterocycles. The second-order valence-electron chi connectivity index (χ2n) is 5.66. The predicted molar refractivity (Wildman–Crippen MR) is 85.2 cm³/mol. The summed E-state index contributed by atoms with van der Waals surface area (Å²) in [5, 5.41) is 6.59. The first-order chi connectivity index (χ1) is 10.6. The number of aromatic nitrogens is 2. The van der Waals surface area contributed by atoms with Gasteiger partial charge in [-0.1, -0.05) is 13.3 Å². The van der Waals surface area contributed by atoms with Crippen molar-refractivity contribution in [1.82, 2.24) is 19.8 Å². The maximum atomic E-state index is 12.4. The summed E-state index contributed by atoms with van der Waals surface area (Å²) in [6.07, 6.45) is 2.37. The molecular weight excluding hydrogens is 320 g/mol. The summed E-state index contributed by atoms with van der Waals surface area (Å²) in [6.45, 7) is 8.43. The molecule has 0 radical (unpaired) electrons. The van der Waals surface area contributed by atoms with Gasteiger partial charge in [0, 0.05) is 19.2 Å². The monoisotopic (exact) mass is 344 g/mol. The van der Waals surface area contributed by atoms with E-state index in [4.69, 9.17) is 0 Å². The fraction of sp³-hybridized carbons (Fsp3) is 0.643. The Labute approximate surface area is 136 Å². The molecule has 8 nitrogen and oxygen atoms in total. The number of nitrogens with one attached hydrogen (secondary N) is 2. The molecule has 1 heterocycles. The molecule has 1 atom stereocenters. The molecular formula is C14H24N4O4S. The van der Waals surface area contributed by atoms with Crippen LogP contribution in [0.1, 0.15) is 52.3 Å². The summed E-state index contributed by atoms with van der Waals surface area (Å²) in [4.78, 5) is 23.3. The predicted octanol–water partition coefficient (Wildman–Crippen LogP) is 0.882. The van der Waals surface area contributed by atoms with Crippen LogP contribution in [0, 0.1) is 6.92 Å². The van der Waals surface area contributed by atoms with E-state index in [1.807, 2.05) is 25.5 Å². The topological polar surface area (TPSA) is 110 Å². The van der Waals surface area contributed by atoms with Crippen molar-refractivity contribution in [1.29, 1.82) is 0 Å². The Bertz CT molecular complexity index is 679. The van der Waals surface area contributed by atoms with Crippen LogP contribution in [-0.2, 0) is 19.6 Å². The van der Waals surface area contributed by atoms with Gasteiger partial charge in [0.25, 0.3) is 15.9 Å². The van der Waals surface area contributed by atoms with E-state index in [9.17, 15) is 18.0 Å². The standard InChI is InChI=1S/C14H24N4O4S/c1-6-7-12(15-11(5)19)14(20)17-23(21,22)13-8-18(9(2)3)16-10(13)4/h8-9,12H,6-7H2,1-5H3,(H,15,19)(H,17,20). The number of carbonyl (C=O) groups is 2. The molecule has 0 saturated heterocycles. The fourth-order valence-corrected chi connectivity index (χ4v) is 3.25. The summed E-state index contributed by atoms with van der Waals surface area (Å²) in [5.74, 6) is -1.14. The minimum absolute atomic E-state index is 0.000529. The van der Waals surface area contributed by atoms with Crippen LogP contribution in [0.5, 0.6) is 0 Å². The fourth-order valence-electron chi connectivity index (χ4n) is 2.05. The molecule has 0 bridgehead atoms. The van der Waals surface area contributed by atoms with E-state index in [0.717, 1.165) is 0 Å². The van der Waals surface area contributed by atoms with Crippen molar-refractivity contribution in [2.24, 2.45) is 0 Å². The van der Waals surface area contributed by atoms with Gasteiger partial charge in [0.1, 0.15) is 10.9 Å². The number of rotatable bonds is 7. The maximum absolute atomic E-state index is 12.4. The molecule has 0 aliphatic carbocycles. The lowest BCUT2D eigenvalue weighted by molar-refractivity contribution is -0.127. The van der Waals surface area contributed by atoms with Crippen LogP contribution in [0.3, 0.4) is 0 Å². The van der Waals surface area contributed by atoms with E-state index in [2.05, 4.69) is 10.4 Å². The highest BCUT2D eigenvalue weighted by Gasteiger charge is 2.27. The van der Waals surface area contributed by atoms with Crippen LogP contribution in [0.4, 0.5) is 0 Å². The Balaban J connectivity index is 3.00. The third kappa shape index (κ3) is 5.05. The van der Waals surface area contributed by atoms with Gasteiger partial charge in [0.15, 0.2) is 0 Å². The van der Waals surface area contributed by atoms with Crippen LogP contribution in [-0.4, -0.2) is 36.1 Å². The Kier molecular flexibility index (Phi) is 6.31. The Morgan fingerprint density at radius 1 is 1.35 bits per heavy atom. The lowest BCUT2D eigenvalue weighted by Crippen LogP contribution is -2.47. The van der Waals surface area contributed by atoms with Gasteiger partial charge in [0.2, 0.25) is 5.91 Å². The summed E-state index contributed by atoms with van der Waals surface area (Å²) in [6, 6.07) is -0.881. The minimum Gasteiger partial charge on any atom is -0.345 e. The van der Waals surface area contributed by atoms with Crippen molar-refractivity contribution < 1.29 is 18.0 Å². The number of sulfonamides is 1. The van der Waals surface area contributed by atoms with Gasteiger partial charge in [-0.2, -0.15) is 5.10 Å². The molecule has 2 amide bonds. The van der Waals surface area contributed by atoms with Crippen LogP contribution in [0.25, 0.3) is 0 Å². The van der Waals surface area contributed by atoms with Gasteiger partial charge in [0.05, 0.1) is 5.69 Å². The van der Waals surface area contributed by atoms with E-state index in [1.165, 1.54) is 17.8 Å². The van der Waals surface area contributed by atoms with Crippen LogP contribution in [0.2, 0.25) is 0 Å². The van der Waals surface area contributed by atoms with Gasteiger partial charge in [-0.05, 0) is 27.2 Å². The summed E-state index contributed by atoms with van der Waals surface area (Å²) >= 11 is 0. The smallest absolute Gasteiger partial charge is 0.267 e. The van der Waals surface area contributed by atoms with E-state index in [-0.39, 0.29) is 16.8 Å². The van der Waals surface area contributed by atoms with E-state index in [0.29, 0.717) is 18.5 Å². The van der Waals surface area contributed by atoms with Crippen molar-refractivity contribution in [3.05, 3.63) is 11.9 Å². The van der Waals surface area contributed by atoms with Gasteiger partial charge >= 0.3 is 0 Å². The number of nitrogens with zero attached hydrogens (tertiary/aromatic N) is 2. The van der Waals surface area contributed by atoms with Crippen LogP contribution < -0.4 is 10.0 Å². The second-order valence-corrected chi connectivity index (χ2v) is 7.31. The normalized spacial score (nSPS) is 13.0. The summed E-state index contributed by atoms with van der Waals surface area (Å²) in [5.41, 5.74) is 0.311. The molecule has 9 heteroatoms. The highest BCUT2D eigenvalue weighted by Crippen LogP contribution is 2.16. The molecule has 0 spiro atoms. The van der Waals surface area contributed by atoms with Crippen molar-refractivity contribution in [3.8, 4) is 0 Å². The molecule has 0 fully saturated rings. The highest BCUT2D eigenvalue weighted by molar-refractivity contribution is 7.90. The van der Waals surface area contributed by atoms with Crippen LogP contribution in [0.15, 0.2) is 11.1 Å². The molecule has 0 aliphatic rings. The highest BCUT2D eigenvalue weighted by atomic mass is 32.2. The van der Waals surface area contributed by atoms with Crippen molar-refractivity contribution in [2.45, 2.75) is 64.4 Å². The van der Waals surface area contributed by atoms with Gasteiger partial charge in [-0.3, -0.25) is 14.3 Å². The van der Waals surface area contributed by atoms with Crippen LogP contribution >= 0.6 is 0 Å². The molecule has 0 aliphatic heterocycles. The lowest BCUT2D eigenvalue weighted by Gasteiger charge is -2.16. The molecule has 130 valence electrons. The third-order valence-electron chi connectivity index (χ3n) is 3.20. The zero-order valence-corrected chi connectivity index (χ0v) is 14.9. The van der Waals surface area contributed by atoms with Crippen molar-refractivity contribution >= 4 is 21.8 Å². The van der Waals surface area contributed by atoms with Crippen molar-refractivity contribution in [2.75, 3.05) is 0 Å². The number of hydrogen-bond donors (Lipinski definition) is 2. The zero-order chi connectivity index (χ0) is 17.8. The Morgan fingerprint density at radius 3 is 2.39 bits per heavy atom. The Hall–Kier alpha value is -1.90. The maximum Gasteiger partial charge on any atom is 0.267 e. The lowest BCUT2D eigenvalue weighted by atomic mass is 10.1. The largest absolute Gasteiger partial charge is 0.345 e. The third-order valence-corrected chi connectivity index (χ3v) is 4.65. The SMILES string of the molecule is CCCC(NC(C)=O)C(=O)NS(=O)(=O)c1cn(C(C)C)nc1C. The van der Waals surface area contributed by atoms with E-state index in [1.54, 1.807) is 6.92 Å². The average Bonchev–Trinajstić information content (AvgIpc) is 2.80. The molecule has 2 N–H and O–H groups in total. The second kappa shape index (κ2) is 7.58. The average molecular weight is 344 g/mol. The molecule has 0 aromatic carbocycles. The van der Waals surface area contributed by atoms with Gasteiger partial charge in [-0.15, -0.1) is 0 Å². The van der Waals surface area contributed by atoms with E-state index < -0.39 is 22.0 Å². The number of aryl methyl sites for hydroxylation is 1. The quantitative estimate of drug-likeness (QED) is 0.763. The first-order valence-electron chi connectivity index (χ1n) is 7.48. The molecule has 0 saturated carbocycles. The number of hydrogen-bond acceptors (Lipinski definition) is 5. The summed E-state index contributed by atoms with van der Waals surface area (Å²) < 4.78 is 28.3. The molecule has 1 rings (SSSR count). The number of amides is 2. The molecule has 23 heavy (non-hydrogen) atoms. The zero-order valence-electron chi connectivity index (χ0n) is 14.1. The molecule has 1 aromatic rings.